The lowest BCUT2D eigenvalue weighted by molar-refractivity contribution is 0.273. The minimum absolute atomic E-state index is 0.132. The van der Waals surface area contributed by atoms with Crippen molar-refractivity contribution in [1.29, 1.82) is 0 Å². The fourth-order valence-electron chi connectivity index (χ4n) is 1.82. The fourth-order valence-corrected chi connectivity index (χ4v) is 2.81. The Labute approximate surface area is 106 Å². The van der Waals surface area contributed by atoms with Gasteiger partial charge in [-0.3, -0.25) is 0 Å². The zero-order valence-electron chi connectivity index (χ0n) is 9.59. The standard InChI is InChI=1S/C12H10FN3OS/c1-7-10(6-17)16-12(14-7)18-11(15-16)8-4-2-3-5-9(8)13/h2-5,17H,6H2,1H3. The number of hydrogen-bond acceptors (Lipinski definition) is 4. The summed E-state index contributed by atoms with van der Waals surface area (Å²) >= 11 is 1.30. The van der Waals surface area contributed by atoms with E-state index in [9.17, 15) is 9.50 Å². The third-order valence-electron chi connectivity index (χ3n) is 2.75. The van der Waals surface area contributed by atoms with Crippen LogP contribution in [0.1, 0.15) is 11.4 Å². The Balaban J connectivity index is 2.20. The maximum atomic E-state index is 13.7. The van der Waals surface area contributed by atoms with Crippen LogP contribution in [0.3, 0.4) is 0 Å². The minimum atomic E-state index is -0.309. The van der Waals surface area contributed by atoms with E-state index in [0.29, 0.717) is 21.2 Å². The predicted molar refractivity (Wildman–Crippen MR) is 66.9 cm³/mol. The highest BCUT2D eigenvalue weighted by atomic mass is 32.1. The molecule has 6 heteroatoms. The van der Waals surface area contributed by atoms with E-state index < -0.39 is 0 Å². The third kappa shape index (κ3) is 1.61. The quantitative estimate of drug-likeness (QED) is 0.772. The topological polar surface area (TPSA) is 50.4 Å². The van der Waals surface area contributed by atoms with Gasteiger partial charge >= 0.3 is 0 Å². The molecule has 0 radical (unpaired) electrons. The largest absolute Gasteiger partial charge is 0.390 e. The molecular formula is C12H10FN3OS. The summed E-state index contributed by atoms with van der Waals surface area (Å²) in [5.41, 5.74) is 1.84. The van der Waals surface area contributed by atoms with Crippen LogP contribution >= 0.6 is 11.3 Å². The Kier molecular flexibility index (Phi) is 2.61. The van der Waals surface area contributed by atoms with Gasteiger partial charge in [0.1, 0.15) is 5.82 Å². The van der Waals surface area contributed by atoms with E-state index >= 15 is 0 Å². The van der Waals surface area contributed by atoms with E-state index in [4.69, 9.17) is 0 Å². The van der Waals surface area contributed by atoms with Gasteiger partial charge in [-0.05, 0) is 19.1 Å². The number of fused-ring (bicyclic) bond motifs is 1. The molecular weight excluding hydrogens is 253 g/mol. The van der Waals surface area contributed by atoms with Crippen LogP contribution < -0.4 is 0 Å². The van der Waals surface area contributed by atoms with Crippen molar-refractivity contribution in [2.75, 3.05) is 0 Å². The highest BCUT2D eigenvalue weighted by molar-refractivity contribution is 7.19. The van der Waals surface area contributed by atoms with E-state index in [1.54, 1.807) is 22.7 Å². The molecule has 2 heterocycles. The number of aliphatic hydroxyl groups is 1. The van der Waals surface area contributed by atoms with Gasteiger partial charge in [0.2, 0.25) is 4.96 Å². The zero-order valence-corrected chi connectivity index (χ0v) is 10.4. The summed E-state index contributed by atoms with van der Waals surface area (Å²) in [4.78, 5) is 4.96. The average Bonchev–Trinajstić information content (AvgIpc) is 2.86. The van der Waals surface area contributed by atoms with Crippen LogP contribution in [0.5, 0.6) is 0 Å². The van der Waals surface area contributed by atoms with Crippen LogP contribution in [0.25, 0.3) is 15.5 Å². The molecule has 0 fully saturated rings. The smallest absolute Gasteiger partial charge is 0.213 e. The van der Waals surface area contributed by atoms with Gasteiger partial charge in [-0.1, -0.05) is 23.5 Å². The molecule has 0 atom stereocenters. The van der Waals surface area contributed by atoms with Gasteiger partial charge < -0.3 is 5.11 Å². The Bertz CT molecular complexity index is 719. The number of benzene rings is 1. The number of rotatable bonds is 2. The first kappa shape index (κ1) is 11.3. The zero-order chi connectivity index (χ0) is 12.7. The first-order valence-electron chi connectivity index (χ1n) is 5.41. The molecule has 4 nitrogen and oxygen atoms in total. The molecule has 2 aromatic heterocycles. The van der Waals surface area contributed by atoms with Crippen LogP contribution in [-0.4, -0.2) is 19.7 Å². The van der Waals surface area contributed by atoms with E-state index in [1.165, 1.54) is 17.4 Å². The summed E-state index contributed by atoms with van der Waals surface area (Å²) in [6.45, 7) is 1.68. The summed E-state index contributed by atoms with van der Waals surface area (Å²) in [6.07, 6.45) is 0. The SMILES string of the molecule is Cc1nc2sc(-c3ccccc3F)nn2c1CO. The number of halogens is 1. The predicted octanol–water partition coefficient (Wildman–Crippen LogP) is 2.40. The van der Waals surface area contributed by atoms with Crippen molar-refractivity contribution in [2.24, 2.45) is 0 Å². The van der Waals surface area contributed by atoms with Crippen molar-refractivity contribution in [1.82, 2.24) is 14.6 Å². The van der Waals surface area contributed by atoms with E-state index in [0.717, 1.165) is 5.69 Å². The highest BCUT2D eigenvalue weighted by Gasteiger charge is 2.15. The molecule has 0 amide bonds. The molecule has 0 aliphatic heterocycles. The maximum Gasteiger partial charge on any atom is 0.213 e. The third-order valence-corrected chi connectivity index (χ3v) is 3.69. The van der Waals surface area contributed by atoms with Crippen molar-refractivity contribution < 1.29 is 9.50 Å². The van der Waals surface area contributed by atoms with Crippen LogP contribution in [0.2, 0.25) is 0 Å². The second-order valence-electron chi connectivity index (χ2n) is 3.88. The monoisotopic (exact) mass is 263 g/mol. The van der Waals surface area contributed by atoms with Crippen LogP contribution in [0.4, 0.5) is 4.39 Å². The molecule has 3 rings (SSSR count). The van der Waals surface area contributed by atoms with Crippen molar-refractivity contribution in [3.63, 3.8) is 0 Å². The summed E-state index contributed by atoms with van der Waals surface area (Å²) < 4.78 is 15.2. The molecule has 1 N–H and O–H groups in total. The molecule has 3 aromatic rings. The number of aliphatic hydroxyl groups excluding tert-OH is 1. The van der Waals surface area contributed by atoms with Crippen LogP contribution in [0.15, 0.2) is 24.3 Å². The normalized spacial score (nSPS) is 11.3. The number of aryl methyl sites for hydroxylation is 1. The number of hydrogen-bond donors (Lipinski definition) is 1. The van der Waals surface area contributed by atoms with Crippen molar-refractivity contribution >= 4 is 16.3 Å². The Morgan fingerprint density at radius 3 is 2.89 bits per heavy atom. The second kappa shape index (κ2) is 4.15. The molecule has 0 aliphatic rings. The van der Waals surface area contributed by atoms with Crippen LogP contribution in [0, 0.1) is 12.7 Å². The Morgan fingerprint density at radius 2 is 2.17 bits per heavy atom. The summed E-state index contributed by atoms with van der Waals surface area (Å²) in [7, 11) is 0. The maximum absolute atomic E-state index is 13.7. The number of nitrogens with zero attached hydrogens (tertiary/aromatic N) is 3. The first-order chi connectivity index (χ1) is 8.70. The highest BCUT2D eigenvalue weighted by Crippen LogP contribution is 2.28. The minimum Gasteiger partial charge on any atom is -0.390 e. The molecule has 0 aliphatic carbocycles. The Morgan fingerprint density at radius 1 is 1.39 bits per heavy atom. The van der Waals surface area contributed by atoms with Gasteiger partial charge in [-0.25, -0.2) is 13.9 Å². The lowest BCUT2D eigenvalue weighted by Crippen LogP contribution is -1.95. The summed E-state index contributed by atoms with van der Waals surface area (Å²) in [5.74, 6) is -0.309. The molecule has 18 heavy (non-hydrogen) atoms. The van der Waals surface area contributed by atoms with Crippen molar-refractivity contribution in [3.05, 3.63) is 41.5 Å². The van der Waals surface area contributed by atoms with Crippen molar-refractivity contribution in [2.45, 2.75) is 13.5 Å². The first-order valence-corrected chi connectivity index (χ1v) is 6.23. The van der Waals surface area contributed by atoms with Gasteiger partial charge in [0, 0.05) is 5.56 Å². The lowest BCUT2D eigenvalue weighted by atomic mass is 10.2. The number of imidazole rings is 1. The van der Waals surface area contributed by atoms with Gasteiger partial charge in [0.25, 0.3) is 0 Å². The van der Waals surface area contributed by atoms with Gasteiger partial charge in [-0.15, -0.1) is 0 Å². The van der Waals surface area contributed by atoms with E-state index in [2.05, 4.69) is 10.1 Å². The second-order valence-corrected chi connectivity index (χ2v) is 4.84. The molecule has 0 saturated heterocycles. The van der Waals surface area contributed by atoms with Crippen LogP contribution in [-0.2, 0) is 6.61 Å². The molecule has 0 saturated carbocycles. The molecule has 0 unspecified atom stereocenters. The fraction of sp³-hybridized carbons (Fsp3) is 0.167. The number of aromatic nitrogens is 3. The summed E-state index contributed by atoms with van der Waals surface area (Å²) in [6, 6.07) is 6.48. The van der Waals surface area contributed by atoms with Crippen molar-refractivity contribution in [3.8, 4) is 10.6 Å². The molecule has 92 valence electrons. The Hall–Kier alpha value is -1.79. The average molecular weight is 263 g/mol. The summed E-state index contributed by atoms with van der Waals surface area (Å²) in [5, 5.41) is 14.1. The van der Waals surface area contributed by atoms with Gasteiger partial charge in [-0.2, -0.15) is 5.10 Å². The van der Waals surface area contributed by atoms with E-state index in [1.807, 2.05) is 6.92 Å². The lowest BCUT2D eigenvalue weighted by Gasteiger charge is -1.97. The molecule has 0 spiro atoms. The van der Waals surface area contributed by atoms with Gasteiger partial charge in [0.15, 0.2) is 5.01 Å². The molecule has 0 bridgehead atoms. The van der Waals surface area contributed by atoms with E-state index in [-0.39, 0.29) is 12.4 Å². The van der Waals surface area contributed by atoms with Gasteiger partial charge in [0.05, 0.1) is 18.0 Å². The molecule has 1 aromatic carbocycles.